The SMILES string of the molecule is CCCC(C)C(O)c1cnn(C)c1. The molecule has 0 saturated carbocycles. The Hall–Kier alpha value is -0.830. The molecule has 1 aromatic heterocycles. The fourth-order valence-electron chi connectivity index (χ4n) is 1.53. The van der Waals surface area contributed by atoms with Gasteiger partial charge in [-0.1, -0.05) is 20.3 Å². The second-order valence-electron chi connectivity index (χ2n) is 3.66. The lowest BCUT2D eigenvalue weighted by molar-refractivity contribution is 0.112. The maximum absolute atomic E-state index is 9.88. The fourth-order valence-corrected chi connectivity index (χ4v) is 1.53. The Morgan fingerprint density at radius 1 is 1.62 bits per heavy atom. The van der Waals surface area contributed by atoms with Crippen molar-refractivity contribution in [2.24, 2.45) is 13.0 Å². The standard InChI is InChI=1S/C10H18N2O/c1-4-5-8(2)10(13)9-6-11-12(3)7-9/h6-8,10,13H,4-5H2,1-3H3. The van der Waals surface area contributed by atoms with Crippen molar-refractivity contribution in [2.45, 2.75) is 32.8 Å². The first kappa shape index (κ1) is 10.3. The molecule has 0 aromatic carbocycles. The van der Waals surface area contributed by atoms with E-state index in [-0.39, 0.29) is 6.10 Å². The average Bonchev–Trinajstić information content (AvgIpc) is 2.51. The molecule has 3 heteroatoms. The normalized spacial score (nSPS) is 15.7. The van der Waals surface area contributed by atoms with E-state index < -0.39 is 0 Å². The largest absolute Gasteiger partial charge is 0.388 e. The van der Waals surface area contributed by atoms with Crippen molar-refractivity contribution in [3.8, 4) is 0 Å². The number of aryl methyl sites for hydroxylation is 1. The summed E-state index contributed by atoms with van der Waals surface area (Å²) in [6, 6.07) is 0. The van der Waals surface area contributed by atoms with E-state index in [2.05, 4.69) is 18.9 Å². The van der Waals surface area contributed by atoms with Crippen LogP contribution >= 0.6 is 0 Å². The molecule has 0 spiro atoms. The smallest absolute Gasteiger partial charge is 0.0846 e. The molecule has 0 amide bonds. The Morgan fingerprint density at radius 2 is 2.31 bits per heavy atom. The van der Waals surface area contributed by atoms with Gasteiger partial charge < -0.3 is 5.11 Å². The van der Waals surface area contributed by atoms with Gasteiger partial charge in [0.25, 0.3) is 0 Å². The average molecular weight is 182 g/mol. The van der Waals surface area contributed by atoms with Gasteiger partial charge in [0, 0.05) is 18.8 Å². The highest BCUT2D eigenvalue weighted by molar-refractivity contribution is 5.08. The van der Waals surface area contributed by atoms with Crippen molar-refractivity contribution in [2.75, 3.05) is 0 Å². The van der Waals surface area contributed by atoms with Crippen LogP contribution in [-0.2, 0) is 7.05 Å². The van der Waals surface area contributed by atoms with Crippen LogP contribution in [0.5, 0.6) is 0 Å². The van der Waals surface area contributed by atoms with Crippen LogP contribution in [0.25, 0.3) is 0 Å². The van der Waals surface area contributed by atoms with E-state index >= 15 is 0 Å². The van der Waals surface area contributed by atoms with Gasteiger partial charge in [0.2, 0.25) is 0 Å². The molecular weight excluding hydrogens is 164 g/mol. The number of aliphatic hydroxyl groups excluding tert-OH is 1. The first-order chi connectivity index (χ1) is 6.15. The second kappa shape index (κ2) is 4.42. The van der Waals surface area contributed by atoms with Crippen LogP contribution < -0.4 is 0 Å². The van der Waals surface area contributed by atoms with E-state index in [0.717, 1.165) is 18.4 Å². The van der Waals surface area contributed by atoms with Gasteiger partial charge in [-0.2, -0.15) is 5.10 Å². The minimum absolute atomic E-state index is 0.314. The summed E-state index contributed by atoms with van der Waals surface area (Å²) in [6.07, 6.45) is 5.40. The fraction of sp³-hybridized carbons (Fsp3) is 0.700. The van der Waals surface area contributed by atoms with Gasteiger partial charge in [0.15, 0.2) is 0 Å². The lowest BCUT2D eigenvalue weighted by Gasteiger charge is -2.16. The zero-order chi connectivity index (χ0) is 9.84. The monoisotopic (exact) mass is 182 g/mol. The first-order valence-electron chi connectivity index (χ1n) is 4.81. The van der Waals surface area contributed by atoms with Gasteiger partial charge in [-0.3, -0.25) is 4.68 Å². The molecule has 2 unspecified atom stereocenters. The third kappa shape index (κ3) is 2.56. The molecule has 0 aliphatic carbocycles. The molecule has 0 radical (unpaired) electrons. The summed E-state index contributed by atoms with van der Waals surface area (Å²) in [5.41, 5.74) is 0.920. The number of hydrogen-bond acceptors (Lipinski definition) is 2. The highest BCUT2D eigenvalue weighted by Gasteiger charge is 2.16. The molecule has 3 nitrogen and oxygen atoms in total. The Labute approximate surface area is 79.4 Å². The number of rotatable bonds is 4. The third-order valence-electron chi connectivity index (χ3n) is 2.35. The molecule has 1 rings (SSSR count). The summed E-state index contributed by atoms with van der Waals surface area (Å²) in [6.45, 7) is 4.20. The summed E-state index contributed by atoms with van der Waals surface area (Å²) in [5.74, 6) is 0.314. The molecule has 13 heavy (non-hydrogen) atoms. The first-order valence-corrected chi connectivity index (χ1v) is 4.81. The Kier molecular flexibility index (Phi) is 3.48. The van der Waals surface area contributed by atoms with Crippen LogP contribution in [0.1, 0.15) is 38.4 Å². The van der Waals surface area contributed by atoms with E-state index in [1.54, 1.807) is 10.9 Å². The van der Waals surface area contributed by atoms with Gasteiger partial charge >= 0.3 is 0 Å². The Bertz CT molecular complexity index is 257. The zero-order valence-electron chi connectivity index (χ0n) is 8.57. The van der Waals surface area contributed by atoms with Gasteiger partial charge in [-0.15, -0.1) is 0 Å². The summed E-state index contributed by atoms with van der Waals surface area (Å²) in [7, 11) is 1.86. The van der Waals surface area contributed by atoms with Crippen molar-refractivity contribution in [1.82, 2.24) is 9.78 Å². The lowest BCUT2D eigenvalue weighted by Crippen LogP contribution is -2.08. The number of nitrogens with zero attached hydrogens (tertiary/aromatic N) is 2. The predicted molar refractivity (Wildman–Crippen MR) is 52.2 cm³/mol. The van der Waals surface area contributed by atoms with Gasteiger partial charge in [-0.25, -0.2) is 0 Å². The summed E-state index contributed by atoms with van der Waals surface area (Å²) in [4.78, 5) is 0. The summed E-state index contributed by atoms with van der Waals surface area (Å²) < 4.78 is 1.72. The highest BCUT2D eigenvalue weighted by Crippen LogP contribution is 2.24. The van der Waals surface area contributed by atoms with Crippen molar-refractivity contribution in [3.63, 3.8) is 0 Å². The number of hydrogen-bond donors (Lipinski definition) is 1. The van der Waals surface area contributed by atoms with Crippen molar-refractivity contribution in [3.05, 3.63) is 18.0 Å². The topological polar surface area (TPSA) is 38.1 Å². The van der Waals surface area contributed by atoms with Gasteiger partial charge in [0.05, 0.1) is 12.3 Å². The van der Waals surface area contributed by atoms with E-state index in [0.29, 0.717) is 5.92 Å². The molecule has 1 heterocycles. The van der Waals surface area contributed by atoms with E-state index in [1.165, 1.54) is 0 Å². The Morgan fingerprint density at radius 3 is 2.77 bits per heavy atom. The number of aliphatic hydroxyl groups is 1. The van der Waals surface area contributed by atoms with Crippen LogP contribution in [0, 0.1) is 5.92 Å². The molecule has 0 aliphatic heterocycles. The van der Waals surface area contributed by atoms with Crippen LogP contribution in [0.2, 0.25) is 0 Å². The molecule has 2 atom stereocenters. The molecule has 1 N–H and O–H groups in total. The summed E-state index contributed by atoms with van der Waals surface area (Å²) >= 11 is 0. The van der Waals surface area contributed by atoms with Gasteiger partial charge in [0.1, 0.15) is 0 Å². The molecule has 0 saturated heterocycles. The molecule has 74 valence electrons. The minimum atomic E-state index is -0.367. The maximum Gasteiger partial charge on any atom is 0.0846 e. The van der Waals surface area contributed by atoms with E-state index in [4.69, 9.17) is 0 Å². The second-order valence-corrected chi connectivity index (χ2v) is 3.66. The zero-order valence-corrected chi connectivity index (χ0v) is 8.57. The predicted octanol–water partition coefficient (Wildman–Crippen LogP) is 1.89. The molecular formula is C10H18N2O. The van der Waals surface area contributed by atoms with Crippen LogP contribution in [0.15, 0.2) is 12.4 Å². The van der Waals surface area contributed by atoms with Crippen LogP contribution in [-0.4, -0.2) is 14.9 Å². The summed E-state index contributed by atoms with van der Waals surface area (Å²) in [5, 5.41) is 13.9. The maximum atomic E-state index is 9.88. The number of aromatic nitrogens is 2. The molecule has 0 fully saturated rings. The van der Waals surface area contributed by atoms with Crippen molar-refractivity contribution < 1.29 is 5.11 Å². The van der Waals surface area contributed by atoms with Crippen LogP contribution in [0.4, 0.5) is 0 Å². The quantitative estimate of drug-likeness (QED) is 0.772. The van der Waals surface area contributed by atoms with E-state index in [1.807, 2.05) is 13.2 Å². The van der Waals surface area contributed by atoms with E-state index in [9.17, 15) is 5.11 Å². The van der Waals surface area contributed by atoms with Crippen LogP contribution in [0.3, 0.4) is 0 Å². The molecule has 1 aromatic rings. The Balaban J connectivity index is 2.61. The van der Waals surface area contributed by atoms with Crippen molar-refractivity contribution in [1.29, 1.82) is 0 Å². The molecule has 0 bridgehead atoms. The minimum Gasteiger partial charge on any atom is -0.388 e. The third-order valence-corrected chi connectivity index (χ3v) is 2.35. The van der Waals surface area contributed by atoms with Gasteiger partial charge in [-0.05, 0) is 12.3 Å². The van der Waals surface area contributed by atoms with Crippen molar-refractivity contribution >= 4 is 0 Å². The lowest BCUT2D eigenvalue weighted by atomic mass is 9.96. The molecule has 0 aliphatic rings. The highest BCUT2D eigenvalue weighted by atomic mass is 16.3.